The molecule has 84 valence electrons. The summed E-state index contributed by atoms with van der Waals surface area (Å²) in [7, 11) is 1.59. The highest BCUT2D eigenvalue weighted by Gasteiger charge is 2.24. The van der Waals surface area contributed by atoms with Crippen LogP contribution >= 0.6 is 11.8 Å². The number of hydrogen-bond acceptors (Lipinski definition) is 4. The molecule has 6 heteroatoms. The van der Waals surface area contributed by atoms with Crippen LogP contribution < -0.4 is 5.32 Å². The van der Waals surface area contributed by atoms with Crippen LogP contribution in [0.25, 0.3) is 0 Å². The normalized spacial score (nSPS) is 11.5. The van der Waals surface area contributed by atoms with Gasteiger partial charge in [-0.15, -0.1) is 16.9 Å². The van der Waals surface area contributed by atoms with E-state index in [0.29, 0.717) is 5.69 Å². The van der Waals surface area contributed by atoms with Crippen molar-refractivity contribution < 1.29 is 4.79 Å². The highest BCUT2D eigenvalue weighted by Crippen LogP contribution is 2.24. The van der Waals surface area contributed by atoms with Crippen molar-refractivity contribution in [3.63, 3.8) is 0 Å². The number of thioether (sulfide) groups is 1. The lowest BCUT2D eigenvalue weighted by Gasteiger charge is -2.20. The van der Waals surface area contributed by atoms with E-state index in [1.807, 2.05) is 27.0 Å². The lowest BCUT2D eigenvalue weighted by atomic mass is 10.1. The highest BCUT2D eigenvalue weighted by molar-refractivity contribution is 7.98. The summed E-state index contributed by atoms with van der Waals surface area (Å²) in [4.78, 5) is 11.5. The minimum atomic E-state index is -0.199. The van der Waals surface area contributed by atoms with Gasteiger partial charge in [-0.2, -0.15) is 0 Å². The molecule has 5 nitrogen and oxygen atoms in total. The largest absolute Gasteiger partial charge is 0.354 e. The summed E-state index contributed by atoms with van der Waals surface area (Å²) in [6.45, 7) is 6.07. The highest BCUT2D eigenvalue weighted by atomic mass is 32.2. The third-order valence-electron chi connectivity index (χ3n) is 1.90. The van der Waals surface area contributed by atoms with E-state index in [2.05, 4.69) is 15.6 Å². The van der Waals surface area contributed by atoms with E-state index in [9.17, 15) is 4.79 Å². The van der Waals surface area contributed by atoms with Gasteiger partial charge in [-0.1, -0.05) is 5.21 Å². The van der Waals surface area contributed by atoms with Gasteiger partial charge in [0.2, 0.25) is 0 Å². The summed E-state index contributed by atoms with van der Waals surface area (Å²) in [6.07, 6.45) is 1.91. The summed E-state index contributed by atoms with van der Waals surface area (Å²) in [6, 6.07) is 0. The number of hydrogen-bond donors (Lipinski definition) is 1. The zero-order valence-corrected chi connectivity index (χ0v) is 10.5. The lowest BCUT2D eigenvalue weighted by Crippen LogP contribution is -2.25. The molecule has 0 fully saturated rings. The second kappa shape index (κ2) is 4.22. The molecule has 0 unspecified atom stereocenters. The molecular formula is C9H16N4OS. The predicted molar refractivity (Wildman–Crippen MR) is 60.2 cm³/mol. The summed E-state index contributed by atoms with van der Waals surface area (Å²) >= 11 is 1.48. The first-order valence-electron chi connectivity index (χ1n) is 4.64. The smallest absolute Gasteiger partial charge is 0.274 e. The first-order chi connectivity index (χ1) is 6.91. The molecule has 0 spiro atoms. The molecule has 1 aromatic heterocycles. The van der Waals surface area contributed by atoms with Gasteiger partial charge in [0.15, 0.2) is 5.69 Å². The Balaban J connectivity index is 3.23. The second-order valence-corrected chi connectivity index (χ2v) is 4.90. The molecule has 0 saturated heterocycles. The van der Waals surface area contributed by atoms with Gasteiger partial charge in [0.1, 0.15) is 5.03 Å². The van der Waals surface area contributed by atoms with Crippen LogP contribution in [0.5, 0.6) is 0 Å². The van der Waals surface area contributed by atoms with Gasteiger partial charge >= 0.3 is 0 Å². The molecule has 0 aliphatic rings. The Labute approximate surface area is 93.6 Å². The van der Waals surface area contributed by atoms with Crippen LogP contribution in [-0.2, 0) is 5.54 Å². The zero-order chi connectivity index (χ0) is 11.6. The maximum absolute atomic E-state index is 11.5. The molecule has 0 bridgehead atoms. The van der Waals surface area contributed by atoms with Gasteiger partial charge in [-0.05, 0) is 27.0 Å². The summed E-state index contributed by atoms with van der Waals surface area (Å²) in [5.41, 5.74) is 0.220. The fourth-order valence-electron chi connectivity index (χ4n) is 1.16. The maximum Gasteiger partial charge on any atom is 0.274 e. The standard InChI is InChI=1S/C9H16N4OS/c1-9(2,3)13-8(15-5)6(11-12-13)7(14)10-4/h1-5H3,(H,10,14). The number of aromatic nitrogens is 3. The van der Waals surface area contributed by atoms with E-state index in [1.165, 1.54) is 11.8 Å². The fraction of sp³-hybridized carbons (Fsp3) is 0.667. The van der Waals surface area contributed by atoms with Crippen LogP contribution in [0.1, 0.15) is 31.3 Å². The van der Waals surface area contributed by atoms with Gasteiger partial charge in [0, 0.05) is 7.05 Å². The number of carbonyl (C=O) groups excluding carboxylic acids is 1. The molecule has 1 aromatic rings. The third kappa shape index (κ3) is 2.31. The van der Waals surface area contributed by atoms with E-state index < -0.39 is 0 Å². The van der Waals surface area contributed by atoms with E-state index in [1.54, 1.807) is 11.7 Å². The second-order valence-electron chi connectivity index (χ2n) is 4.11. The Morgan fingerprint density at radius 1 is 1.47 bits per heavy atom. The number of nitrogens with one attached hydrogen (secondary N) is 1. The van der Waals surface area contributed by atoms with Crippen molar-refractivity contribution in [3.05, 3.63) is 5.69 Å². The average molecular weight is 228 g/mol. The Morgan fingerprint density at radius 2 is 2.07 bits per heavy atom. The SMILES string of the molecule is CNC(=O)c1nnn(C(C)(C)C)c1SC. The molecule has 0 atom stereocenters. The molecule has 0 radical (unpaired) electrons. The van der Waals surface area contributed by atoms with Crippen LogP contribution in [0.3, 0.4) is 0 Å². The predicted octanol–water partition coefficient (Wildman–Crippen LogP) is 1.11. The number of rotatable bonds is 2. The van der Waals surface area contributed by atoms with Crippen molar-refractivity contribution in [3.8, 4) is 0 Å². The molecule has 0 aromatic carbocycles. The molecule has 1 rings (SSSR count). The van der Waals surface area contributed by atoms with Crippen LogP contribution in [0.15, 0.2) is 5.03 Å². The van der Waals surface area contributed by atoms with Crippen LogP contribution in [0.2, 0.25) is 0 Å². The van der Waals surface area contributed by atoms with Crippen molar-refractivity contribution >= 4 is 17.7 Å². The molecule has 1 amide bonds. The first-order valence-corrected chi connectivity index (χ1v) is 5.86. The van der Waals surface area contributed by atoms with Crippen molar-refractivity contribution in [2.75, 3.05) is 13.3 Å². The topological polar surface area (TPSA) is 59.8 Å². The average Bonchev–Trinajstić information content (AvgIpc) is 2.59. The molecule has 1 heterocycles. The molecular weight excluding hydrogens is 212 g/mol. The van der Waals surface area contributed by atoms with Gasteiger partial charge in [-0.3, -0.25) is 4.79 Å². The Hall–Kier alpha value is -1.04. The Bertz CT molecular complexity index is 367. The molecule has 1 N–H and O–H groups in total. The zero-order valence-electron chi connectivity index (χ0n) is 9.66. The van der Waals surface area contributed by atoms with E-state index in [4.69, 9.17) is 0 Å². The molecule has 0 aliphatic heterocycles. The van der Waals surface area contributed by atoms with Gasteiger partial charge in [0.05, 0.1) is 5.54 Å². The van der Waals surface area contributed by atoms with Crippen LogP contribution in [0.4, 0.5) is 0 Å². The summed E-state index contributed by atoms with van der Waals surface area (Å²) in [5, 5.41) is 11.3. The van der Waals surface area contributed by atoms with Gasteiger partial charge < -0.3 is 5.32 Å². The van der Waals surface area contributed by atoms with Gasteiger partial charge in [0.25, 0.3) is 5.91 Å². The molecule has 15 heavy (non-hydrogen) atoms. The Kier molecular flexibility index (Phi) is 3.38. The minimum absolute atomic E-state index is 0.169. The Morgan fingerprint density at radius 3 is 2.47 bits per heavy atom. The van der Waals surface area contributed by atoms with Crippen LogP contribution in [-0.4, -0.2) is 34.2 Å². The van der Waals surface area contributed by atoms with E-state index in [0.717, 1.165) is 5.03 Å². The fourth-order valence-corrected chi connectivity index (χ4v) is 1.97. The monoisotopic (exact) mass is 228 g/mol. The van der Waals surface area contributed by atoms with E-state index in [-0.39, 0.29) is 11.4 Å². The van der Waals surface area contributed by atoms with Crippen molar-refractivity contribution in [2.24, 2.45) is 0 Å². The van der Waals surface area contributed by atoms with Crippen molar-refractivity contribution in [2.45, 2.75) is 31.3 Å². The summed E-state index contributed by atoms with van der Waals surface area (Å²) in [5.74, 6) is -0.199. The molecule has 0 saturated carbocycles. The first kappa shape index (κ1) is 12.0. The summed E-state index contributed by atoms with van der Waals surface area (Å²) < 4.78 is 1.77. The number of nitrogens with zero attached hydrogens (tertiary/aromatic N) is 3. The number of amides is 1. The number of carbonyl (C=O) groups is 1. The van der Waals surface area contributed by atoms with Crippen LogP contribution in [0, 0.1) is 0 Å². The van der Waals surface area contributed by atoms with E-state index >= 15 is 0 Å². The maximum atomic E-state index is 11.5. The minimum Gasteiger partial charge on any atom is -0.354 e. The van der Waals surface area contributed by atoms with Crippen molar-refractivity contribution in [1.82, 2.24) is 20.3 Å². The lowest BCUT2D eigenvalue weighted by molar-refractivity contribution is 0.0954. The quantitative estimate of drug-likeness (QED) is 0.770. The van der Waals surface area contributed by atoms with Gasteiger partial charge in [-0.25, -0.2) is 4.68 Å². The molecule has 0 aliphatic carbocycles. The van der Waals surface area contributed by atoms with Crippen molar-refractivity contribution in [1.29, 1.82) is 0 Å². The third-order valence-corrected chi connectivity index (χ3v) is 2.65.